The van der Waals surface area contributed by atoms with Gasteiger partial charge < -0.3 is 10.6 Å². The van der Waals surface area contributed by atoms with Crippen LogP contribution in [0.1, 0.15) is 23.6 Å². The Hall–Kier alpha value is -2.36. The number of nitrogens with one attached hydrogen (secondary N) is 2. The van der Waals surface area contributed by atoms with Crippen LogP contribution in [0.5, 0.6) is 0 Å². The molecule has 2 aromatic carbocycles. The fourth-order valence-corrected chi connectivity index (χ4v) is 2.12. The zero-order valence-corrected chi connectivity index (χ0v) is 12.5. The van der Waals surface area contributed by atoms with Crippen molar-refractivity contribution in [1.29, 1.82) is 0 Å². The number of hydrogen-bond donors (Lipinski definition) is 2. The summed E-state index contributed by atoms with van der Waals surface area (Å²) in [7, 11) is 0. The number of benzene rings is 2. The van der Waals surface area contributed by atoms with Gasteiger partial charge in [-0.3, -0.25) is 4.79 Å². The van der Waals surface area contributed by atoms with Gasteiger partial charge in [-0.05, 0) is 37.6 Å². The van der Waals surface area contributed by atoms with E-state index in [1.165, 1.54) is 13.0 Å². The van der Waals surface area contributed by atoms with E-state index < -0.39 is 0 Å². The highest BCUT2D eigenvalue weighted by Gasteiger charge is 2.05. The van der Waals surface area contributed by atoms with Gasteiger partial charge in [0, 0.05) is 30.4 Å². The lowest BCUT2D eigenvalue weighted by Gasteiger charge is -2.13. The van der Waals surface area contributed by atoms with Crippen LogP contribution in [-0.2, 0) is 11.3 Å². The molecule has 0 fully saturated rings. The predicted octanol–water partition coefficient (Wildman–Crippen LogP) is 4.01. The van der Waals surface area contributed by atoms with Crippen LogP contribution in [0.15, 0.2) is 36.4 Å². The molecule has 0 saturated carbocycles. The van der Waals surface area contributed by atoms with Gasteiger partial charge >= 0.3 is 0 Å². The highest BCUT2D eigenvalue weighted by Crippen LogP contribution is 2.21. The number of anilines is 2. The summed E-state index contributed by atoms with van der Waals surface area (Å²) < 4.78 is 13.7. The minimum atomic E-state index is -0.219. The molecular formula is C17H19FN2O. The van der Waals surface area contributed by atoms with Crippen molar-refractivity contribution in [3.63, 3.8) is 0 Å². The molecule has 0 aliphatic carbocycles. The second-order valence-corrected chi connectivity index (χ2v) is 5.16. The van der Waals surface area contributed by atoms with Crippen LogP contribution in [0.2, 0.25) is 0 Å². The lowest BCUT2D eigenvalue weighted by Crippen LogP contribution is -2.07. The molecule has 110 valence electrons. The van der Waals surface area contributed by atoms with Crippen molar-refractivity contribution in [1.82, 2.24) is 0 Å². The average Bonchev–Trinajstić information content (AvgIpc) is 2.42. The first-order valence-corrected chi connectivity index (χ1v) is 6.83. The van der Waals surface area contributed by atoms with Crippen molar-refractivity contribution < 1.29 is 9.18 Å². The Labute approximate surface area is 124 Å². The van der Waals surface area contributed by atoms with E-state index in [4.69, 9.17) is 0 Å². The van der Waals surface area contributed by atoms with Gasteiger partial charge in [-0.1, -0.05) is 23.8 Å². The van der Waals surface area contributed by atoms with Crippen LogP contribution >= 0.6 is 0 Å². The minimum Gasteiger partial charge on any atom is -0.381 e. The van der Waals surface area contributed by atoms with Crippen LogP contribution < -0.4 is 10.6 Å². The van der Waals surface area contributed by atoms with Crippen LogP contribution in [0, 0.1) is 19.7 Å². The highest BCUT2D eigenvalue weighted by atomic mass is 19.1. The van der Waals surface area contributed by atoms with E-state index in [1.54, 1.807) is 6.07 Å². The van der Waals surface area contributed by atoms with Gasteiger partial charge in [0.1, 0.15) is 5.82 Å². The summed E-state index contributed by atoms with van der Waals surface area (Å²) in [5.41, 5.74) is 4.29. The van der Waals surface area contributed by atoms with E-state index in [1.807, 2.05) is 38.1 Å². The Kier molecular flexibility index (Phi) is 4.58. The molecule has 0 saturated heterocycles. The second-order valence-electron chi connectivity index (χ2n) is 5.16. The average molecular weight is 286 g/mol. The third-order valence-corrected chi connectivity index (χ3v) is 3.23. The molecule has 21 heavy (non-hydrogen) atoms. The van der Waals surface area contributed by atoms with Crippen LogP contribution in [0.4, 0.5) is 15.8 Å². The maximum Gasteiger partial charge on any atom is 0.221 e. The standard InChI is InChI=1S/C17H19FN2O/c1-11-4-7-16(18)14(8-11)10-19-17-9-15(20-13(3)21)6-5-12(17)2/h4-9,19H,10H2,1-3H3,(H,20,21). The van der Waals surface area contributed by atoms with Gasteiger partial charge in [-0.25, -0.2) is 4.39 Å². The fourth-order valence-electron chi connectivity index (χ4n) is 2.12. The SMILES string of the molecule is CC(=O)Nc1ccc(C)c(NCc2cc(C)ccc2F)c1. The first-order chi connectivity index (χ1) is 9.95. The quantitative estimate of drug-likeness (QED) is 0.891. The summed E-state index contributed by atoms with van der Waals surface area (Å²) >= 11 is 0. The third-order valence-electron chi connectivity index (χ3n) is 3.23. The molecule has 0 aromatic heterocycles. The molecule has 0 bridgehead atoms. The molecule has 2 N–H and O–H groups in total. The van der Waals surface area contributed by atoms with Crippen molar-refractivity contribution in [3.05, 3.63) is 58.9 Å². The Balaban J connectivity index is 2.15. The van der Waals surface area contributed by atoms with Gasteiger partial charge in [-0.15, -0.1) is 0 Å². The van der Waals surface area contributed by atoms with Gasteiger partial charge in [-0.2, -0.15) is 0 Å². The summed E-state index contributed by atoms with van der Waals surface area (Å²) in [6.45, 7) is 5.77. The normalized spacial score (nSPS) is 10.3. The largest absolute Gasteiger partial charge is 0.381 e. The summed E-state index contributed by atoms with van der Waals surface area (Å²) in [6, 6.07) is 10.7. The lowest BCUT2D eigenvalue weighted by atomic mass is 10.1. The Morgan fingerprint density at radius 1 is 1.14 bits per heavy atom. The monoisotopic (exact) mass is 286 g/mol. The summed E-state index contributed by atoms with van der Waals surface area (Å²) in [5.74, 6) is -0.335. The molecule has 0 radical (unpaired) electrons. The summed E-state index contributed by atoms with van der Waals surface area (Å²) in [6.07, 6.45) is 0. The molecule has 0 unspecified atom stereocenters. The van der Waals surface area contributed by atoms with Crippen LogP contribution in [0.25, 0.3) is 0 Å². The molecule has 2 rings (SSSR count). The van der Waals surface area contributed by atoms with E-state index in [-0.39, 0.29) is 11.7 Å². The zero-order valence-electron chi connectivity index (χ0n) is 12.5. The zero-order chi connectivity index (χ0) is 15.4. The predicted molar refractivity (Wildman–Crippen MR) is 83.9 cm³/mol. The smallest absolute Gasteiger partial charge is 0.221 e. The van der Waals surface area contributed by atoms with E-state index >= 15 is 0 Å². The number of halogens is 1. The van der Waals surface area contributed by atoms with E-state index in [0.717, 1.165) is 22.5 Å². The van der Waals surface area contributed by atoms with Crippen molar-refractivity contribution in [2.45, 2.75) is 27.3 Å². The topological polar surface area (TPSA) is 41.1 Å². The van der Waals surface area contributed by atoms with Crippen LogP contribution in [-0.4, -0.2) is 5.91 Å². The Bertz CT molecular complexity index is 668. The van der Waals surface area contributed by atoms with Gasteiger partial charge in [0.05, 0.1) is 0 Å². The molecule has 3 nitrogen and oxygen atoms in total. The summed E-state index contributed by atoms with van der Waals surface area (Å²) in [5, 5.41) is 5.96. The van der Waals surface area contributed by atoms with E-state index in [0.29, 0.717) is 12.1 Å². The van der Waals surface area contributed by atoms with Crippen molar-refractivity contribution in [2.24, 2.45) is 0 Å². The number of amides is 1. The van der Waals surface area contributed by atoms with Gasteiger partial charge in [0.25, 0.3) is 0 Å². The minimum absolute atomic E-state index is 0.116. The maximum atomic E-state index is 13.7. The second kappa shape index (κ2) is 6.39. The molecule has 0 heterocycles. The van der Waals surface area contributed by atoms with E-state index in [2.05, 4.69) is 10.6 Å². The Morgan fingerprint density at radius 3 is 2.62 bits per heavy atom. The molecule has 0 spiro atoms. The lowest BCUT2D eigenvalue weighted by molar-refractivity contribution is -0.114. The van der Waals surface area contributed by atoms with Crippen molar-refractivity contribution in [2.75, 3.05) is 10.6 Å². The fraction of sp³-hybridized carbons (Fsp3) is 0.235. The maximum absolute atomic E-state index is 13.7. The van der Waals surface area contributed by atoms with Crippen LogP contribution in [0.3, 0.4) is 0 Å². The summed E-state index contributed by atoms with van der Waals surface area (Å²) in [4.78, 5) is 11.1. The highest BCUT2D eigenvalue weighted by molar-refractivity contribution is 5.89. The number of rotatable bonds is 4. The molecule has 0 atom stereocenters. The number of carbonyl (C=O) groups is 1. The molecule has 4 heteroatoms. The molecule has 1 amide bonds. The van der Waals surface area contributed by atoms with Gasteiger partial charge in [0.15, 0.2) is 0 Å². The molecule has 0 aliphatic heterocycles. The molecule has 0 aliphatic rings. The number of hydrogen-bond acceptors (Lipinski definition) is 2. The van der Waals surface area contributed by atoms with Crippen molar-refractivity contribution >= 4 is 17.3 Å². The molecular weight excluding hydrogens is 267 g/mol. The Morgan fingerprint density at radius 2 is 1.90 bits per heavy atom. The third kappa shape index (κ3) is 4.05. The number of carbonyl (C=O) groups excluding carboxylic acids is 1. The first kappa shape index (κ1) is 15.0. The van der Waals surface area contributed by atoms with Crippen molar-refractivity contribution in [3.8, 4) is 0 Å². The van der Waals surface area contributed by atoms with E-state index in [9.17, 15) is 9.18 Å². The first-order valence-electron chi connectivity index (χ1n) is 6.83. The van der Waals surface area contributed by atoms with Gasteiger partial charge in [0.2, 0.25) is 5.91 Å². The molecule has 2 aromatic rings. The number of aryl methyl sites for hydroxylation is 2.